The monoisotopic (exact) mass is 402 g/mol. The summed E-state index contributed by atoms with van der Waals surface area (Å²) in [5.41, 5.74) is 0.937. The smallest absolute Gasteiger partial charge is 0.263 e. The number of nitrogens with zero attached hydrogens (tertiary/aromatic N) is 1. The molecule has 0 radical (unpaired) electrons. The molecule has 0 saturated heterocycles. The van der Waals surface area contributed by atoms with Crippen LogP contribution in [0.3, 0.4) is 0 Å². The molecule has 138 valence electrons. The Kier molecular flexibility index (Phi) is 4.53. The molecule has 1 aromatic heterocycles. The number of nitrogens with one attached hydrogen (secondary N) is 1. The van der Waals surface area contributed by atoms with E-state index in [-0.39, 0.29) is 16.6 Å². The lowest BCUT2D eigenvalue weighted by Crippen LogP contribution is -2.33. The van der Waals surface area contributed by atoms with Gasteiger partial charge < -0.3 is 5.32 Å². The van der Waals surface area contributed by atoms with Crippen molar-refractivity contribution in [3.8, 4) is 10.6 Å². The number of thiazole rings is 1. The van der Waals surface area contributed by atoms with Gasteiger partial charge in [0.15, 0.2) is 9.84 Å². The summed E-state index contributed by atoms with van der Waals surface area (Å²) in [4.78, 5) is 17.4. The number of fused-ring (bicyclic) bond motifs is 1. The number of benzene rings is 2. The third-order valence-electron chi connectivity index (χ3n) is 4.44. The average molecular weight is 402 g/mol. The lowest BCUT2D eigenvalue weighted by atomic mass is 10.0. The first-order valence-corrected chi connectivity index (χ1v) is 10.8. The van der Waals surface area contributed by atoms with Gasteiger partial charge in [-0.3, -0.25) is 4.79 Å². The van der Waals surface area contributed by atoms with E-state index in [0.717, 1.165) is 11.3 Å². The molecule has 0 aliphatic carbocycles. The van der Waals surface area contributed by atoms with E-state index in [1.54, 1.807) is 42.5 Å². The highest BCUT2D eigenvalue weighted by atomic mass is 32.2. The molecule has 0 fully saturated rings. The van der Waals surface area contributed by atoms with Crippen LogP contribution in [0.25, 0.3) is 10.6 Å². The summed E-state index contributed by atoms with van der Waals surface area (Å²) in [5, 5.41) is 3.30. The molecule has 0 saturated carbocycles. The lowest BCUT2D eigenvalue weighted by molar-refractivity contribution is 0.0938. The number of carbonyl (C=O) groups is 1. The van der Waals surface area contributed by atoms with Gasteiger partial charge in [-0.25, -0.2) is 17.8 Å². The van der Waals surface area contributed by atoms with Crippen molar-refractivity contribution in [1.29, 1.82) is 0 Å². The highest BCUT2D eigenvalue weighted by molar-refractivity contribution is 7.91. The van der Waals surface area contributed by atoms with E-state index in [1.165, 1.54) is 12.3 Å². The van der Waals surface area contributed by atoms with Gasteiger partial charge >= 0.3 is 0 Å². The molecule has 1 unspecified atom stereocenters. The molecular weight excluding hydrogens is 387 g/mol. The number of rotatable bonds is 3. The average Bonchev–Trinajstić information content (AvgIpc) is 3.15. The van der Waals surface area contributed by atoms with Crippen LogP contribution >= 0.6 is 11.3 Å². The maximum absolute atomic E-state index is 13.9. The number of halogens is 1. The van der Waals surface area contributed by atoms with Crippen molar-refractivity contribution in [2.75, 3.05) is 5.75 Å². The molecule has 0 bridgehead atoms. The van der Waals surface area contributed by atoms with Gasteiger partial charge in [0.2, 0.25) is 0 Å². The molecule has 4 rings (SSSR count). The van der Waals surface area contributed by atoms with Crippen LogP contribution in [-0.2, 0) is 9.84 Å². The zero-order valence-electron chi connectivity index (χ0n) is 14.1. The molecule has 27 heavy (non-hydrogen) atoms. The summed E-state index contributed by atoms with van der Waals surface area (Å²) in [6.07, 6.45) is 1.72. The molecule has 3 aromatic rings. The number of carbonyl (C=O) groups excluding carboxylic acids is 1. The van der Waals surface area contributed by atoms with Gasteiger partial charge in [0, 0.05) is 5.56 Å². The zero-order valence-corrected chi connectivity index (χ0v) is 15.7. The van der Waals surface area contributed by atoms with Gasteiger partial charge in [-0.1, -0.05) is 30.3 Å². The van der Waals surface area contributed by atoms with Crippen molar-refractivity contribution in [2.24, 2.45) is 0 Å². The SMILES string of the molecule is O=C(NC1CCS(=O)(=O)c2ccccc21)c1cnc(-c2ccccc2F)s1. The van der Waals surface area contributed by atoms with E-state index in [9.17, 15) is 17.6 Å². The minimum absolute atomic E-state index is 0.0157. The largest absolute Gasteiger partial charge is 0.344 e. The summed E-state index contributed by atoms with van der Waals surface area (Å²) in [6, 6.07) is 12.6. The minimum Gasteiger partial charge on any atom is -0.344 e. The normalized spacial score (nSPS) is 17.9. The van der Waals surface area contributed by atoms with E-state index < -0.39 is 21.7 Å². The Bertz CT molecular complexity index is 1130. The zero-order chi connectivity index (χ0) is 19.0. The fourth-order valence-electron chi connectivity index (χ4n) is 3.11. The predicted octanol–water partition coefficient (Wildman–Crippen LogP) is 3.60. The Morgan fingerprint density at radius 2 is 1.89 bits per heavy atom. The van der Waals surface area contributed by atoms with Gasteiger partial charge in [0.1, 0.15) is 15.7 Å². The number of hydrogen-bond acceptors (Lipinski definition) is 5. The van der Waals surface area contributed by atoms with Crippen LogP contribution in [0.2, 0.25) is 0 Å². The minimum atomic E-state index is -3.31. The molecule has 1 atom stereocenters. The summed E-state index contributed by atoms with van der Waals surface area (Å²) >= 11 is 1.10. The second-order valence-electron chi connectivity index (χ2n) is 6.18. The highest BCUT2D eigenvalue weighted by Gasteiger charge is 2.31. The fraction of sp³-hybridized carbons (Fsp3) is 0.158. The first kappa shape index (κ1) is 17.8. The van der Waals surface area contributed by atoms with Gasteiger partial charge in [0.05, 0.1) is 22.9 Å². The molecule has 5 nitrogen and oxygen atoms in total. The van der Waals surface area contributed by atoms with Crippen molar-refractivity contribution in [2.45, 2.75) is 17.4 Å². The third kappa shape index (κ3) is 3.38. The van der Waals surface area contributed by atoms with E-state index in [0.29, 0.717) is 27.4 Å². The van der Waals surface area contributed by atoms with E-state index in [2.05, 4.69) is 10.3 Å². The second kappa shape index (κ2) is 6.86. The van der Waals surface area contributed by atoms with Crippen LogP contribution in [-0.4, -0.2) is 25.1 Å². The van der Waals surface area contributed by atoms with Gasteiger partial charge in [-0.15, -0.1) is 11.3 Å². The topological polar surface area (TPSA) is 76.1 Å². The Balaban J connectivity index is 1.58. The van der Waals surface area contributed by atoms with Crippen LogP contribution in [0.5, 0.6) is 0 Å². The van der Waals surface area contributed by atoms with Crippen LogP contribution in [0.15, 0.2) is 59.6 Å². The first-order valence-electron chi connectivity index (χ1n) is 8.29. The van der Waals surface area contributed by atoms with Crippen LogP contribution in [0, 0.1) is 5.82 Å². The molecule has 8 heteroatoms. The van der Waals surface area contributed by atoms with E-state index in [1.807, 2.05) is 0 Å². The molecule has 1 N–H and O–H groups in total. The van der Waals surface area contributed by atoms with Crippen molar-refractivity contribution >= 4 is 27.1 Å². The maximum Gasteiger partial charge on any atom is 0.263 e. The van der Waals surface area contributed by atoms with Gasteiger partial charge in [-0.05, 0) is 30.2 Å². The third-order valence-corrected chi connectivity index (χ3v) is 7.29. The Morgan fingerprint density at radius 1 is 1.15 bits per heavy atom. The first-order chi connectivity index (χ1) is 13.0. The molecular formula is C19H15FN2O3S2. The van der Waals surface area contributed by atoms with Crippen LogP contribution < -0.4 is 5.32 Å². The summed E-state index contributed by atoms with van der Waals surface area (Å²) < 4.78 is 38.3. The van der Waals surface area contributed by atoms with Crippen molar-refractivity contribution in [3.63, 3.8) is 0 Å². The molecule has 2 heterocycles. The summed E-state index contributed by atoms with van der Waals surface area (Å²) in [7, 11) is -3.31. The number of amides is 1. The fourth-order valence-corrected chi connectivity index (χ4v) is 5.58. The summed E-state index contributed by atoms with van der Waals surface area (Å²) in [6.45, 7) is 0. The quantitative estimate of drug-likeness (QED) is 0.726. The predicted molar refractivity (Wildman–Crippen MR) is 101 cm³/mol. The molecule has 0 spiro atoms. The van der Waals surface area contributed by atoms with Crippen molar-refractivity contribution in [1.82, 2.24) is 10.3 Å². The van der Waals surface area contributed by atoms with Crippen LogP contribution in [0.4, 0.5) is 4.39 Å². The van der Waals surface area contributed by atoms with Gasteiger partial charge in [-0.2, -0.15) is 0 Å². The highest BCUT2D eigenvalue weighted by Crippen LogP contribution is 2.33. The van der Waals surface area contributed by atoms with E-state index >= 15 is 0 Å². The lowest BCUT2D eigenvalue weighted by Gasteiger charge is -2.26. The number of hydrogen-bond donors (Lipinski definition) is 1. The molecule has 2 aromatic carbocycles. The molecule has 1 aliphatic heterocycles. The number of sulfone groups is 1. The van der Waals surface area contributed by atoms with Gasteiger partial charge in [0.25, 0.3) is 5.91 Å². The standard InChI is InChI=1S/C19H15FN2O3S2/c20-14-7-3-1-5-12(14)19-21-11-16(26-19)18(23)22-15-9-10-27(24,25)17-8-4-2-6-13(15)17/h1-8,11,15H,9-10H2,(H,22,23). The second-order valence-corrected chi connectivity index (χ2v) is 9.29. The number of aromatic nitrogens is 1. The molecule has 1 amide bonds. The van der Waals surface area contributed by atoms with E-state index in [4.69, 9.17) is 0 Å². The summed E-state index contributed by atoms with van der Waals surface area (Å²) in [5.74, 6) is -0.766. The van der Waals surface area contributed by atoms with Crippen molar-refractivity contribution in [3.05, 3.63) is 71.0 Å². The Morgan fingerprint density at radius 3 is 2.70 bits per heavy atom. The Hall–Kier alpha value is -2.58. The van der Waals surface area contributed by atoms with Crippen molar-refractivity contribution < 1.29 is 17.6 Å². The van der Waals surface area contributed by atoms with Crippen LogP contribution in [0.1, 0.15) is 27.7 Å². The maximum atomic E-state index is 13.9. The Labute approximate surface area is 159 Å². The molecule has 1 aliphatic rings.